The molecule has 2 N–H and O–H groups in total. The van der Waals surface area contributed by atoms with Crippen LogP contribution in [0.1, 0.15) is 24.4 Å². The second-order valence-electron chi connectivity index (χ2n) is 4.12. The molecule has 1 amide bonds. The second kappa shape index (κ2) is 6.89. The number of thiazole rings is 1. The molecule has 1 aromatic heterocycles. The number of nitrogens with one attached hydrogen (secondary N) is 2. The number of aromatic nitrogens is 1. The predicted molar refractivity (Wildman–Crippen MR) is 78.2 cm³/mol. The second-order valence-corrected chi connectivity index (χ2v) is 5.04. The molecule has 0 radical (unpaired) electrons. The molecule has 2 aromatic rings. The summed E-state index contributed by atoms with van der Waals surface area (Å²) in [5.74, 6) is -0.0223. The maximum Gasteiger partial charge on any atom is 0.239 e. The molecule has 100 valence electrons. The zero-order valence-corrected chi connectivity index (χ0v) is 11.6. The number of rotatable bonds is 6. The number of amides is 1. The lowest BCUT2D eigenvalue weighted by molar-refractivity contribution is -0.120. The number of hydrogen-bond donors (Lipinski definition) is 2. The van der Waals surface area contributed by atoms with Gasteiger partial charge in [-0.25, -0.2) is 4.98 Å². The Kier molecular flexibility index (Phi) is 4.92. The molecule has 0 aliphatic heterocycles. The van der Waals surface area contributed by atoms with Gasteiger partial charge >= 0.3 is 0 Å². The summed E-state index contributed by atoms with van der Waals surface area (Å²) >= 11 is 1.57. The third kappa shape index (κ3) is 4.06. The van der Waals surface area contributed by atoms with Gasteiger partial charge in [0, 0.05) is 17.3 Å². The molecule has 0 aliphatic carbocycles. The molecule has 0 bridgehead atoms. The van der Waals surface area contributed by atoms with E-state index in [1.54, 1.807) is 17.5 Å². The molecule has 19 heavy (non-hydrogen) atoms. The van der Waals surface area contributed by atoms with E-state index < -0.39 is 0 Å². The summed E-state index contributed by atoms with van der Waals surface area (Å²) in [4.78, 5) is 16.1. The number of benzene rings is 1. The zero-order chi connectivity index (χ0) is 13.5. The van der Waals surface area contributed by atoms with Crippen molar-refractivity contribution in [3.05, 3.63) is 46.9 Å². The Bertz CT molecular complexity index is 499. The van der Waals surface area contributed by atoms with Crippen molar-refractivity contribution in [3.8, 4) is 0 Å². The van der Waals surface area contributed by atoms with Crippen LogP contribution in [0.5, 0.6) is 0 Å². The van der Waals surface area contributed by atoms with Crippen molar-refractivity contribution >= 4 is 22.9 Å². The fourth-order valence-corrected chi connectivity index (χ4v) is 2.50. The van der Waals surface area contributed by atoms with Gasteiger partial charge in [0.25, 0.3) is 0 Å². The molecular formula is C14H17N3OS. The van der Waals surface area contributed by atoms with Gasteiger partial charge in [-0.15, -0.1) is 11.3 Å². The van der Waals surface area contributed by atoms with Gasteiger partial charge in [0.05, 0.1) is 12.6 Å². The highest BCUT2D eigenvalue weighted by molar-refractivity contribution is 7.09. The van der Waals surface area contributed by atoms with Crippen LogP contribution in [0.25, 0.3) is 0 Å². The quantitative estimate of drug-likeness (QED) is 0.852. The van der Waals surface area contributed by atoms with Gasteiger partial charge in [-0.1, -0.05) is 25.1 Å². The van der Waals surface area contributed by atoms with Gasteiger partial charge < -0.3 is 10.6 Å². The van der Waals surface area contributed by atoms with Crippen LogP contribution in [0.2, 0.25) is 0 Å². The van der Waals surface area contributed by atoms with E-state index in [0.717, 1.165) is 17.1 Å². The molecule has 1 heterocycles. The number of nitrogens with zero attached hydrogens (tertiary/aromatic N) is 1. The van der Waals surface area contributed by atoms with Crippen LogP contribution in [0.15, 0.2) is 41.9 Å². The van der Waals surface area contributed by atoms with E-state index in [4.69, 9.17) is 0 Å². The average Bonchev–Trinajstić information content (AvgIpc) is 2.97. The summed E-state index contributed by atoms with van der Waals surface area (Å²) in [5, 5.41) is 8.95. The van der Waals surface area contributed by atoms with Gasteiger partial charge in [0.2, 0.25) is 5.91 Å². The summed E-state index contributed by atoms with van der Waals surface area (Å²) in [6, 6.07) is 9.69. The van der Waals surface area contributed by atoms with Crippen molar-refractivity contribution < 1.29 is 4.79 Å². The minimum Gasteiger partial charge on any atom is -0.376 e. The molecular weight excluding hydrogens is 258 g/mol. The number of carbonyl (C=O) groups excluding carboxylic acids is 1. The van der Waals surface area contributed by atoms with Crippen molar-refractivity contribution in [1.29, 1.82) is 0 Å². The molecule has 0 spiro atoms. The van der Waals surface area contributed by atoms with E-state index in [1.807, 2.05) is 42.6 Å². The van der Waals surface area contributed by atoms with E-state index in [0.29, 0.717) is 0 Å². The minimum absolute atomic E-state index is 0.00470. The van der Waals surface area contributed by atoms with E-state index in [-0.39, 0.29) is 18.5 Å². The molecule has 0 aliphatic rings. The lowest BCUT2D eigenvalue weighted by atomic mass is 10.2. The Morgan fingerprint density at radius 1 is 1.37 bits per heavy atom. The molecule has 1 unspecified atom stereocenters. The Balaban J connectivity index is 1.84. The number of hydrogen-bond acceptors (Lipinski definition) is 4. The first-order chi connectivity index (χ1) is 9.29. The van der Waals surface area contributed by atoms with Crippen molar-refractivity contribution in [2.24, 2.45) is 0 Å². The highest BCUT2D eigenvalue weighted by Crippen LogP contribution is 2.18. The van der Waals surface area contributed by atoms with E-state index >= 15 is 0 Å². The van der Waals surface area contributed by atoms with Gasteiger partial charge in [0.15, 0.2) is 0 Å². The van der Waals surface area contributed by atoms with Crippen LogP contribution < -0.4 is 10.6 Å². The molecule has 4 nitrogen and oxygen atoms in total. The fraction of sp³-hybridized carbons (Fsp3) is 0.286. The molecule has 1 atom stereocenters. The predicted octanol–water partition coefficient (Wildman–Crippen LogP) is 2.82. The highest BCUT2D eigenvalue weighted by Gasteiger charge is 2.14. The average molecular weight is 275 g/mol. The molecule has 2 rings (SSSR count). The van der Waals surface area contributed by atoms with Crippen LogP contribution in [0, 0.1) is 0 Å². The standard InChI is InChI=1S/C14H17N3OS/c1-2-12(14-15-8-9-19-14)17-13(18)10-16-11-6-4-3-5-7-11/h3-9,12,16H,2,10H2,1H3,(H,17,18). The number of anilines is 1. The smallest absolute Gasteiger partial charge is 0.239 e. The van der Waals surface area contributed by atoms with Gasteiger partial charge in [0.1, 0.15) is 5.01 Å². The summed E-state index contributed by atoms with van der Waals surface area (Å²) in [5.41, 5.74) is 0.944. The monoisotopic (exact) mass is 275 g/mol. The number of carbonyl (C=O) groups is 1. The molecule has 1 aromatic carbocycles. The molecule has 0 fully saturated rings. The third-order valence-corrected chi connectivity index (χ3v) is 3.61. The Labute approximate surface area is 116 Å². The van der Waals surface area contributed by atoms with Gasteiger partial charge in [-0.2, -0.15) is 0 Å². The fourth-order valence-electron chi connectivity index (χ4n) is 1.73. The van der Waals surface area contributed by atoms with E-state index in [1.165, 1.54) is 0 Å². The SMILES string of the molecule is CCC(NC(=O)CNc1ccccc1)c1nccs1. The van der Waals surface area contributed by atoms with Crippen LogP contribution in [0.3, 0.4) is 0 Å². The lowest BCUT2D eigenvalue weighted by Gasteiger charge is -2.15. The Morgan fingerprint density at radius 2 is 2.16 bits per heavy atom. The number of para-hydroxylation sites is 1. The maximum atomic E-state index is 11.9. The zero-order valence-electron chi connectivity index (χ0n) is 10.8. The first kappa shape index (κ1) is 13.5. The van der Waals surface area contributed by atoms with Gasteiger partial charge in [-0.05, 0) is 18.6 Å². The van der Waals surface area contributed by atoms with Gasteiger partial charge in [-0.3, -0.25) is 4.79 Å². The first-order valence-electron chi connectivity index (χ1n) is 6.27. The maximum absolute atomic E-state index is 11.9. The van der Waals surface area contributed by atoms with Crippen molar-refractivity contribution in [3.63, 3.8) is 0 Å². The van der Waals surface area contributed by atoms with E-state index in [2.05, 4.69) is 15.6 Å². The Morgan fingerprint density at radius 3 is 2.79 bits per heavy atom. The largest absolute Gasteiger partial charge is 0.376 e. The summed E-state index contributed by atoms with van der Waals surface area (Å²) < 4.78 is 0. The normalized spacial score (nSPS) is 11.8. The van der Waals surface area contributed by atoms with Crippen LogP contribution in [-0.2, 0) is 4.79 Å². The minimum atomic E-state index is -0.0223. The topological polar surface area (TPSA) is 54.0 Å². The molecule has 0 saturated heterocycles. The van der Waals surface area contributed by atoms with Crippen molar-refractivity contribution in [1.82, 2.24) is 10.3 Å². The van der Waals surface area contributed by atoms with Crippen LogP contribution in [-0.4, -0.2) is 17.4 Å². The summed E-state index contributed by atoms with van der Waals surface area (Å²) in [6.07, 6.45) is 2.60. The summed E-state index contributed by atoms with van der Waals surface area (Å²) in [6.45, 7) is 2.31. The highest BCUT2D eigenvalue weighted by atomic mass is 32.1. The van der Waals surface area contributed by atoms with Crippen molar-refractivity contribution in [2.45, 2.75) is 19.4 Å². The molecule has 0 saturated carbocycles. The van der Waals surface area contributed by atoms with E-state index in [9.17, 15) is 4.79 Å². The van der Waals surface area contributed by atoms with Crippen LogP contribution in [0.4, 0.5) is 5.69 Å². The third-order valence-electron chi connectivity index (χ3n) is 2.72. The lowest BCUT2D eigenvalue weighted by Crippen LogP contribution is -2.33. The summed E-state index contributed by atoms with van der Waals surface area (Å²) in [7, 11) is 0. The first-order valence-corrected chi connectivity index (χ1v) is 7.15. The Hall–Kier alpha value is -1.88. The van der Waals surface area contributed by atoms with Crippen molar-refractivity contribution in [2.75, 3.05) is 11.9 Å². The van der Waals surface area contributed by atoms with Crippen LogP contribution >= 0.6 is 11.3 Å². The molecule has 5 heteroatoms.